The number of benzene rings is 2. The van der Waals surface area contributed by atoms with E-state index < -0.39 is 0 Å². The summed E-state index contributed by atoms with van der Waals surface area (Å²) in [5.41, 5.74) is 1.59. The molecule has 0 bridgehead atoms. The topological polar surface area (TPSA) is 23.5 Å². The predicted octanol–water partition coefficient (Wildman–Crippen LogP) is 3.73. The number of phenols is 1. The standard InChI is InChI=1S/C15H16FNO/c1-11(12-7-9-13(18)10-8-12)17(2)15-6-4-3-5-14(15)16/h3-11,18H,1-2H3. The van der Waals surface area contributed by atoms with Crippen molar-refractivity contribution >= 4 is 5.69 Å². The van der Waals surface area contributed by atoms with Gasteiger partial charge < -0.3 is 10.0 Å². The number of aromatic hydroxyl groups is 1. The lowest BCUT2D eigenvalue weighted by atomic mass is 10.1. The van der Waals surface area contributed by atoms with Crippen LogP contribution in [-0.2, 0) is 0 Å². The Hall–Kier alpha value is -2.03. The van der Waals surface area contributed by atoms with Gasteiger partial charge in [-0.25, -0.2) is 4.39 Å². The zero-order chi connectivity index (χ0) is 13.1. The van der Waals surface area contributed by atoms with Gasteiger partial charge >= 0.3 is 0 Å². The van der Waals surface area contributed by atoms with Gasteiger partial charge in [-0.3, -0.25) is 0 Å². The molecule has 0 aliphatic heterocycles. The van der Waals surface area contributed by atoms with Crippen molar-refractivity contribution in [3.05, 3.63) is 59.9 Å². The molecule has 0 fully saturated rings. The normalized spacial score (nSPS) is 12.2. The van der Waals surface area contributed by atoms with Gasteiger partial charge in [-0.05, 0) is 36.8 Å². The number of phenolic OH excluding ortho intramolecular Hbond substituents is 1. The molecule has 3 heteroatoms. The van der Waals surface area contributed by atoms with E-state index in [1.807, 2.05) is 37.1 Å². The molecule has 1 N–H and O–H groups in total. The minimum atomic E-state index is -0.231. The Morgan fingerprint density at radius 1 is 1.06 bits per heavy atom. The lowest BCUT2D eigenvalue weighted by Crippen LogP contribution is -2.22. The fourth-order valence-corrected chi connectivity index (χ4v) is 1.92. The van der Waals surface area contributed by atoms with Crippen molar-refractivity contribution in [2.24, 2.45) is 0 Å². The highest BCUT2D eigenvalue weighted by Crippen LogP contribution is 2.27. The first-order valence-corrected chi connectivity index (χ1v) is 5.86. The van der Waals surface area contributed by atoms with Gasteiger partial charge in [-0.1, -0.05) is 24.3 Å². The van der Waals surface area contributed by atoms with Crippen LogP contribution in [0.15, 0.2) is 48.5 Å². The Balaban J connectivity index is 2.26. The third-order valence-corrected chi connectivity index (χ3v) is 3.19. The van der Waals surface area contributed by atoms with Crippen molar-refractivity contribution in [1.29, 1.82) is 0 Å². The van der Waals surface area contributed by atoms with Crippen molar-refractivity contribution in [3.63, 3.8) is 0 Å². The van der Waals surface area contributed by atoms with Crippen molar-refractivity contribution < 1.29 is 9.50 Å². The number of halogens is 1. The third-order valence-electron chi connectivity index (χ3n) is 3.19. The SMILES string of the molecule is CC(c1ccc(O)cc1)N(C)c1ccccc1F. The van der Waals surface area contributed by atoms with Gasteiger partial charge in [-0.15, -0.1) is 0 Å². The summed E-state index contributed by atoms with van der Waals surface area (Å²) in [6, 6.07) is 13.7. The van der Waals surface area contributed by atoms with Crippen LogP contribution in [0, 0.1) is 5.82 Å². The molecule has 2 nitrogen and oxygen atoms in total. The van der Waals surface area contributed by atoms with Crippen LogP contribution in [0.1, 0.15) is 18.5 Å². The van der Waals surface area contributed by atoms with Gasteiger partial charge in [0.15, 0.2) is 0 Å². The van der Waals surface area contributed by atoms with Gasteiger partial charge in [0.2, 0.25) is 0 Å². The lowest BCUT2D eigenvalue weighted by Gasteiger charge is -2.27. The monoisotopic (exact) mass is 245 g/mol. The van der Waals surface area contributed by atoms with Crippen LogP contribution in [0.2, 0.25) is 0 Å². The van der Waals surface area contributed by atoms with Crippen molar-refractivity contribution in [2.75, 3.05) is 11.9 Å². The fourth-order valence-electron chi connectivity index (χ4n) is 1.92. The van der Waals surface area contributed by atoms with E-state index in [1.165, 1.54) is 6.07 Å². The summed E-state index contributed by atoms with van der Waals surface area (Å²) in [4.78, 5) is 1.88. The van der Waals surface area contributed by atoms with E-state index in [-0.39, 0.29) is 17.6 Å². The number of rotatable bonds is 3. The van der Waals surface area contributed by atoms with Crippen molar-refractivity contribution in [2.45, 2.75) is 13.0 Å². The van der Waals surface area contributed by atoms with E-state index in [2.05, 4.69) is 0 Å². The molecule has 0 aliphatic carbocycles. The molecule has 0 aliphatic rings. The summed E-state index contributed by atoms with van der Waals surface area (Å²) in [6.07, 6.45) is 0. The average Bonchev–Trinajstić information content (AvgIpc) is 2.38. The highest BCUT2D eigenvalue weighted by atomic mass is 19.1. The fraction of sp³-hybridized carbons (Fsp3) is 0.200. The Morgan fingerprint density at radius 2 is 1.67 bits per heavy atom. The maximum absolute atomic E-state index is 13.7. The Kier molecular flexibility index (Phi) is 3.51. The van der Waals surface area contributed by atoms with Crippen LogP contribution in [0.3, 0.4) is 0 Å². The van der Waals surface area contributed by atoms with Gasteiger partial charge in [0.05, 0.1) is 11.7 Å². The summed E-state index contributed by atoms with van der Waals surface area (Å²) >= 11 is 0. The van der Waals surface area contributed by atoms with Crippen molar-refractivity contribution in [3.8, 4) is 5.75 Å². The Morgan fingerprint density at radius 3 is 2.28 bits per heavy atom. The Bertz CT molecular complexity index is 524. The molecule has 0 saturated heterocycles. The number of hydrogen-bond acceptors (Lipinski definition) is 2. The third kappa shape index (κ3) is 2.45. The van der Waals surface area contributed by atoms with E-state index in [0.717, 1.165) is 5.56 Å². The van der Waals surface area contributed by atoms with Crippen LogP contribution in [0.5, 0.6) is 5.75 Å². The molecule has 0 amide bonds. The van der Waals surface area contributed by atoms with Gasteiger partial charge in [0.1, 0.15) is 11.6 Å². The van der Waals surface area contributed by atoms with E-state index in [4.69, 9.17) is 0 Å². The second-order valence-electron chi connectivity index (χ2n) is 4.33. The first kappa shape index (κ1) is 12.4. The lowest BCUT2D eigenvalue weighted by molar-refractivity contribution is 0.475. The van der Waals surface area contributed by atoms with E-state index >= 15 is 0 Å². The Labute approximate surface area is 106 Å². The van der Waals surface area contributed by atoms with Crippen LogP contribution in [0.4, 0.5) is 10.1 Å². The zero-order valence-corrected chi connectivity index (χ0v) is 10.5. The minimum Gasteiger partial charge on any atom is -0.508 e. The average molecular weight is 245 g/mol. The molecule has 2 aromatic rings. The summed E-state index contributed by atoms with van der Waals surface area (Å²) in [5, 5.41) is 9.26. The van der Waals surface area contributed by atoms with E-state index in [1.54, 1.807) is 24.3 Å². The summed E-state index contributed by atoms with van der Waals surface area (Å²) in [7, 11) is 1.86. The zero-order valence-electron chi connectivity index (χ0n) is 10.5. The number of nitrogens with zero attached hydrogens (tertiary/aromatic N) is 1. The van der Waals surface area contributed by atoms with Gasteiger partial charge in [-0.2, -0.15) is 0 Å². The molecule has 0 aromatic heterocycles. The van der Waals surface area contributed by atoms with Crippen LogP contribution in [-0.4, -0.2) is 12.2 Å². The van der Waals surface area contributed by atoms with Crippen molar-refractivity contribution in [1.82, 2.24) is 0 Å². The smallest absolute Gasteiger partial charge is 0.146 e. The van der Waals surface area contributed by atoms with Crippen LogP contribution in [0.25, 0.3) is 0 Å². The predicted molar refractivity (Wildman–Crippen MR) is 71.3 cm³/mol. The largest absolute Gasteiger partial charge is 0.508 e. The molecule has 94 valence electrons. The van der Waals surface area contributed by atoms with Crippen LogP contribution >= 0.6 is 0 Å². The minimum absolute atomic E-state index is 0.0301. The molecule has 0 saturated carbocycles. The number of para-hydroxylation sites is 1. The quantitative estimate of drug-likeness (QED) is 0.890. The van der Waals surface area contributed by atoms with Gasteiger partial charge in [0.25, 0.3) is 0 Å². The number of hydrogen-bond donors (Lipinski definition) is 1. The summed E-state index contributed by atoms with van der Waals surface area (Å²) in [5.74, 6) is 0.00474. The van der Waals surface area contributed by atoms with E-state index in [9.17, 15) is 9.50 Å². The molecule has 0 heterocycles. The first-order chi connectivity index (χ1) is 8.59. The molecule has 1 atom stereocenters. The first-order valence-electron chi connectivity index (χ1n) is 5.86. The van der Waals surface area contributed by atoms with E-state index in [0.29, 0.717) is 5.69 Å². The second kappa shape index (κ2) is 5.08. The summed E-state index contributed by atoms with van der Waals surface area (Å²) < 4.78 is 13.7. The molecular weight excluding hydrogens is 229 g/mol. The highest BCUT2D eigenvalue weighted by Gasteiger charge is 2.14. The second-order valence-corrected chi connectivity index (χ2v) is 4.33. The highest BCUT2D eigenvalue weighted by molar-refractivity contribution is 5.49. The molecule has 2 rings (SSSR count). The molecule has 0 spiro atoms. The maximum Gasteiger partial charge on any atom is 0.146 e. The number of anilines is 1. The molecule has 18 heavy (non-hydrogen) atoms. The van der Waals surface area contributed by atoms with Crippen LogP contribution < -0.4 is 4.90 Å². The molecule has 0 radical (unpaired) electrons. The molecular formula is C15H16FNO. The molecule has 2 aromatic carbocycles. The maximum atomic E-state index is 13.7. The summed E-state index contributed by atoms with van der Waals surface area (Å²) in [6.45, 7) is 2.00. The molecule has 1 unspecified atom stereocenters. The van der Waals surface area contributed by atoms with Gasteiger partial charge in [0, 0.05) is 7.05 Å².